The number of aliphatic hydroxyl groups excluding tert-OH is 1. The van der Waals surface area contributed by atoms with Gasteiger partial charge in [-0.25, -0.2) is 0 Å². The van der Waals surface area contributed by atoms with Gasteiger partial charge < -0.3 is 10.0 Å². The molecule has 0 radical (unpaired) electrons. The highest BCUT2D eigenvalue weighted by atomic mass is 16.3. The van der Waals surface area contributed by atoms with Gasteiger partial charge in [0.25, 0.3) is 0 Å². The summed E-state index contributed by atoms with van der Waals surface area (Å²) >= 11 is 0. The lowest BCUT2D eigenvalue weighted by Gasteiger charge is -2.22. The predicted molar refractivity (Wildman–Crippen MR) is 63.8 cm³/mol. The molecule has 0 spiro atoms. The minimum absolute atomic E-state index is 0.415. The number of rotatable bonds is 4. The topological polar surface area (TPSA) is 23.5 Å². The Labute approximate surface area is 91.5 Å². The van der Waals surface area contributed by atoms with Crippen LogP contribution in [0, 0.1) is 12.3 Å². The molecule has 0 aliphatic heterocycles. The van der Waals surface area contributed by atoms with Gasteiger partial charge in [0.15, 0.2) is 0 Å². The second-order valence-corrected chi connectivity index (χ2v) is 3.54. The minimum Gasteiger partial charge on any atom is -0.388 e. The average Bonchev–Trinajstić information content (AvgIpc) is 2.28. The molecule has 0 aromatic heterocycles. The zero-order chi connectivity index (χ0) is 11.3. The van der Waals surface area contributed by atoms with Gasteiger partial charge in [-0.1, -0.05) is 31.0 Å². The van der Waals surface area contributed by atoms with Crippen molar-refractivity contribution in [3.8, 4) is 12.3 Å². The summed E-state index contributed by atoms with van der Waals surface area (Å²) in [4.78, 5) is 1.97. The Morgan fingerprint density at radius 2 is 2.13 bits per heavy atom. The first kappa shape index (κ1) is 11.6. The molecule has 1 aromatic rings. The van der Waals surface area contributed by atoms with Gasteiger partial charge in [-0.3, -0.25) is 0 Å². The van der Waals surface area contributed by atoms with Crippen LogP contribution in [0.4, 0.5) is 5.69 Å². The van der Waals surface area contributed by atoms with Crippen molar-refractivity contribution in [3.05, 3.63) is 29.8 Å². The third-order valence-corrected chi connectivity index (χ3v) is 2.42. The second kappa shape index (κ2) is 5.43. The maximum atomic E-state index is 9.85. The fraction of sp³-hybridized carbons (Fsp3) is 0.385. The number of nitrogens with zero attached hydrogens (tertiary/aromatic N) is 1. The fourth-order valence-corrected chi connectivity index (χ4v) is 1.56. The van der Waals surface area contributed by atoms with Gasteiger partial charge in [-0.05, 0) is 12.5 Å². The van der Waals surface area contributed by atoms with Crippen molar-refractivity contribution in [2.45, 2.75) is 19.4 Å². The van der Waals surface area contributed by atoms with Crippen molar-refractivity contribution in [3.63, 3.8) is 0 Å². The second-order valence-electron chi connectivity index (χ2n) is 3.54. The van der Waals surface area contributed by atoms with E-state index in [1.54, 1.807) is 0 Å². The SMILES string of the molecule is C#CCN(C)c1ccccc1C(O)CC. The van der Waals surface area contributed by atoms with Gasteiger partial charge in [0, 0.05) is 18.3 Å². The van der Waals surface area contributed by atoms with Crippen molar-refractivity contribution in [1.82, 2.24) is 0 Å². The van der Waals surface area contributed by atoms with Crippen molar-refractivity contribution >= 4 is 5.69 Å². The molecule has 0 heterocycles. The summed E-state index contributed by atoms with van der Waals surface area (Å²) in [7, 11) is 1.93. The molecule has 0 fully saturated rings. The normalized spacial score (nSPS) is 11.9. The lowest BCUT2D eigenvalue weighted by molar-refractivity contribution is 0.174. The van der Waals surface area contributed by atoms with Gasteiger partial charge in [-0.2, -0.15) is 0 Å². The van der Waals surface area contributed by atoms with E-state index < -0.39 is 6.10 Å². The fourth-order valence-electron chi connectivity index (χ4n) is 1.56. The highest BCUT2D eigenvalue weighted by Gasteiger charge is 2.11. The van der Waals surface area contributed by atoms with E-state index in [1.165, 1.54) is 0 Å². The maximum Gasteiger partial charge on any atom is 0.0807 e. The number of terminal acetylenes is 1. The summed E-state index contributed by atoms with van der Waals surface area (Å²) in [5, 5.41) is 9.85. The van der Waals surface area contributed by atoms with Crippen LogP contribution in [0.15, 0.2) is 24.3 Å². The van der Waals surface area contributed by atoms with Crippen molar-refractivity contribution in [2.75, 3.05) is 18.5 Å². The number of hydrogen-bond donors (Lipinski definition) is 1. The molecule has 1 atom stereocenters. The molecule has 0 aliphatic rings. The molecule has 2 nitrogen and oxygen atoms in total. The van der Waals surface area contributed by atoms with E-state index in [-0.39, 0.29) is 0 Å². The number of anilines is 1. The van der Waals surface area contributed by atoms with Gasteiger partial charge >= 0.3 is 0 Å². The standard InChI is InChI=1S/C13H17NO/c1-4-10-14(3)12-9-7-6-8-11(12)13(15)5-2/h1,6-9,13,15H,5,10H2,2-3H3. The molecule has 1 N–H and O–H groups in total. The first-order chi connectivity index (χ1) is 7.20. The Morgan fingerprint density at radius 3 is 2.73 bits per heavy atom. The predicted octanol–water partition coefficient (Wildman–Crippen LogP) is 2.20. The molecule has 1 unspecified atom stereocenters. The zero-order valence-electron chi connectivity index (χ0n) is 9.27. The van der Waals surface area contributed by atoms with E-state index in [0.717, 1.165) is 11.3 Å². The summed E-state index contributed by atoms with van der Waals surface area (Å²) < 4.78 is 0. The Balaban J connectivity index is 3.01. The molecule has 0 saturated heterocycles. The van der Waals surface area contributed by atoms with Crippen LogP contribution in [-0.4, -0.2) is 18.7 Å². The molecule has 2 heteroatoms. The van der Waals surface area contributed by atoms with E-state index in [1.807, 2.05) is 43.1 Å². The molecule has 0 bridgehead atoms. The minimum atomic E-state index is -0.415. The molecule has 0 saturated carbocycles. The van der Waals surface area contributed by atoms with Crippen LogP contribution < -0.4 is 4.90 Å². The third-order valence-electron chi connectivity index (χ3n) is 2.42. The number of hydrogen-bond acceptors (Lipinski definition) is 2. The van der Waals surface area contributed by atoms with Gasteiger partial charge in [-0.15, -0.1) is 6.42 Å². The highest BCUT2D eigenvalue weighted by Crippen LogP contribution is 2.26. The van der Waals surface area contributed by atoms with Gasteiger partial charge in [0.1, 0.15) is 0 Å². The molecule has 15 heavy (non-hydrogen) atoms. The summed E-state index contributed by atoms with van der Waals surface area (Å²) in [6.45, 7) is 2.51. The van der Waals surface area contributed by atoms with Crippen molar-refractivity contribution in [1.29, 1.82) is 0 Å². The molecule has 1 aromatic carbocycles. The maximum absolute atomic E-state index is 9.85. The van der Waals surface area contributed by atoms with Crippen molar-refractivity contribution < 1.29 is 5.11 Å². The van der Waals surface area contributed by atoms with Crippen LogP contribution in [-0.2, 0) is 0 Å². The lowest BCUT2D eigenvalue weighted by atomic mass is 10.0. The van der Waals surface area contributed by atoms with Gasteiger partial charge in [0.05, 0.1) is 12.6 Å². The van der Waals surface area contributed by atoms with Crippen LogP contribution in [0.25, 0.3) is 0 Å². The first-order valence-electron chi connectivity index (χ1n) is 5.12. The smallest absolute Gasteiger partial charge is 0.0807 e. The van der Waals surface area contributed by atoms with Crippen molar-refractivity contribution in [2.24, 2.45) is 0 Å². The van der Waals surface area contributed by atoms with E-state index >= 15 is 0 Å². The third kappa shape index (κ3) is 2.74. The Kier molecular flexibility index (Phi) is 4.20. The first-order valence-corrected chi connectivity index (χ1v) is 5.12. The van der Waals surface area contributed by atoms with E-state index in [9.17, 15) is 5.11 Å². The molecule has 0 aliphatic carbocycles. The monoisotopic (exact) mass is 203 g/mol. The van der Waals surface area contributed by atoms with Crippen LogP contribution in [0.1, 0.15) is 25.0 Å². The molecule has 0 amide bonds. The summed E-state index contributed by atoms with van der Waals surface area (Å²) in [6.07, 6.45) is 5.57. The quantitative estimate of drug-likeness (QED) is 0.758. The Hall–Kier alpha value is -1.46. The van der Waals surface area contributed by atoms with Crippen LogP contribution in [0.3, 0.4) is 0 Å². The number of benzene rings is 1. The lowest BCUT2D eigenvalue weighted by Crippen LogP contribution is -2.19. The van der Waals surface area contributed by atoms with E-state index in [4.69, 9.17) is 6.42 Å². The van der Waals surface area contributed by atoms with Crippen LogP contribution in [0.2, 0.25) is 0 Å². The van der Waals surface area contributed by atoms with Crippen LogP contribution >= 0.6 is 0 Å². The Morgan fingerprint density at radius 1 is 1.47 bits per heavy atom. The summed E-state index contributed by atoms with van der Waals surface area (Å²) in [5.41, 5.74) is 1.95. The van der Waals surface area contributed by atoms with E-state index in [0.29, 0.717) is 13.0 Å². The highest BCUT2D eigenvalue weighted by molar-refractivity contribution is 5.54. The molecular weight excluding hydrogens is 186 g/mol. The van der Waals surface area contributed by atoms with Crippen LogP contribution in [0.5, 0.6) is 0 Å². The number of para-hydroxylation sites is 1. The molecule has 80 valence electrons. The van der Waals surface area contributed by atoms with E-state index in [2.05, 4.69) is 5.92 Å². The van der Waals surface area contributed by atoms with Gasteiger partial charge in [0.2, 0.25) is 0 Å². The molecule has 1 rings (SSSR count). The summed E-state index contributed by atoms with van der Waals surface area (Å²) in [6, 6.07) is 7.80. The summed E-state index contributed by atoms with van der Waals surface area (Å²) in [5.74, 6) is 2.59. The largest absolute Gasteiger partial charge is 0.388 e. The number of aliphatic hydroxyl groups is 1. The Bertz CT molecular complexity index is 354. The zero-order valence-corrected chi connectivity index (χ0v) is 9.27. The average molecular weight is 203 g/mol. The molecular formula is C13H17NO.